The van der Waals surface area contributed by atoms with Crippen LogP contribution in [0.5, 0.6) is 0 Å². The minimum Gasteiger partial charge on any atom is -0.374 e. The second-order valence-corrected chi connectivity index (χ2v) is 9.91. The Morgan fingerprint density at radius 1 is 0.958 bits per heavy atom. The van der Waals surface area contributed by atoms with E-state index in [2.05, 4.69) is 13.8 Å². The molecule has 3 unspecified atom stereocenters. The molecule has 4 fully saturated rings. The Labute approximate surface area is 146 Å². The summed E-state index contributed by atoms with van der Waals surface area (Å²) in [5, 5.41) is 0. The zero-order valence-corrected chi connectivity index (χ0v) is 15.4. The molecule has 2 nitrogen and oxygen atoms in total. The smallest absolute Gasteiger partial charge is 0.155 e. The zero-order valence-electron chi connectivity index (χ0n) is 15.4. The van der Waals surface area contributed by atoms with Crippen LogP contribution < -0.4 is 0 Å². The number of hydrogen-bond donors (Lipinski definition) is 0. The lowest BCUT2D eigenvalue weighted by atomic mass is 9.47. The summed E-state index contributed by atoms with van der Waals surface area (Å²) in [6, 6.07) is 0. The Morgan fingerprint density at radius 2 is 1.79 bits per heavy atom. The van der Waals surface area contributed by atoms with Crippen LogP contribution in [-0.4, -0.2) is 18.0 Å². The van der Waals surface area contributed by atoms with Gasteiger partial charge in [0.05, 0.1) is 12.2 Å². The molecule has 0 saturated heterocycles. The predicted molar refractivity (Wildman–Crippen MR) is 94.6 cm³/mol. The van der Waals surface area contributed by atoms with E-state index in [0.29, 0.717) is 28.8 Å². The molecule has 5 rings (SSSR count). The zero-order chi connectivity index (χ0) is 16.5. The maximum Gasteiger partial charge on any atom is 0.155 e. The van der Waals surface area contributed by atoms with Gasteiger partial charge in [-0.1, -0.05) is 19.4 Å². The van der Waals surface area contributed by atoms with Crippen molar-refractivity contribution in [3.8, 4) is 0 Å². The van der Waals surface area contributed by atoms with Gasteiger partial charge in [-0.25, -0.2) is 0 Å². The molecule has 132 valence electrons. The molecule has 5 aliphatic rings. The number of ether oxygens (including phenoxy) is 1. The van der Waals surface area contributed by atoms with Gasteiger partial charge in [-0.2, -0.15) is 0 Å². The first-order valence-corrected chi connectivity index (χ1v) is 10.4. The molecule has 0 aromatic heterocycles. The number of ketones is 1. The van der Waals surface area contributed by atoms with E-state index < -0.39 is 0 Å². The monoisotopic (exact) mass is 328 g/mol. The van der Waals surface area contributed by atoms with Gasteiger partial charge in [-0.15, -0.1) is 0 Å². The van der Waals surface area contributed by atoms with Gasteiger partial charge in [-0.3, -0.25) is 4.79 Å². The van der Waals surface area contributed by atoms with E-state index in [4.69, 9.17) is 4.74 Å². The first-order chi connectivity index (χ1) is 11.5. The van der Waals surface area contributed by atoms with E-state index in [1.54, 1.807) is 0 Å². The molecule has 0 spiro atoms. The summed E-state index contributed by atoms with van der Waals surface area (Å²) in [6.45, 7) is 5.03. The molecular weight excluding hydrogens is 296 g/mol. The van der Waals surface area contributed by atoms with Crippen LogP contribution in [0.25, 0.3) is 0 Å². The summed E-state index contributed by atoms with van der Waals surface area (Å²) in [6.07, 6.45) is 15.5. The van der Waals surface area contributed by atoms with Gasteiger partial charge in [0.25, 0.3) is 0 Å². The quantitative estimate of drug-likeness (QED) is 0.708. The topological polar surface area (TPSA) is 26.3 Å². The van der Waals surface area contributed by atoms with Gasteiger partial charge in [0.2, 0.25) is 0 Å². The van der Waals surface area contributed by atoms with Crippen LogP contribution in [-0.2, 0) is 9.53 Å². The number of carbonyl (C=O) groups excluding carboxylic acids is 1. The van der Waals surface area contributed by atoms with Crippen LogP contribution in [0, 0.1) is 28.6 Å². The van der Waals surface area contributed by atoms with Crippen molar-refractivity contribution in [1.29, 1.82) is 0 Å². The third kappa shape index (κ3) is 2.14. The highest BCUT2D eigenvalue weighted by atomic mass is 16.5. The van der Waals surface area contributed by atoms with Crippen molar-refractivity contribution >= 4 is 5.78 Å². The fraction of sp³-hybridized carbons (Fsp3) is 0.864. The third-order valence-electron chi connectivity index (χ3n) is 8.76. The normalized spacial score (nSPS) is 50.8. The van der Waals surface area contributed by atoms with Crippen molar-refractivity contribution < 1.29 is 9.53 Å². The summed E-state index contributed by atoms with van der Waals surface area (Å²) in [5.41, 5.74) is 2.23. The summed E-state index contributed by atoms with van der Waals surface area (Å²) in [7, 11) is 0. The van der Waals surface area contributed by atoms with Crippen molar-refractivity contribution in [1.82, 2.24) is 0 Å². The van der Waals surface area contributed by atoms with Crippen molar-refractivity contribution in [3.05, 3.63) is 11.6 Å². The van der Waals surface area contributed by atoms with Gasteiger partial charge in [-0.05, 0) is 92.4 Å². The average molecular weight is 328 g/mol. The standard InChI is InChI=1S/C22H32O2/c1-21-11-9-15(23)13-14(21)3-6-17-18-7-8-20(24-16-4-5-16)22(18,2)12-10-19(17)21/h13,16-20H,3-12H2,1-2H3/t17?,18?,19?,20-,21-,22-/m0/s1. The predicted octanol–water partition coefficient (Wildman–Crippen LogP) is 5.07. The first-order valence-electron chi connectivity index (χ1n) is 10.4. The van der Waals surface area contributed by atoms with Crippen LogP contribution in [0.4, 0.5) is 0 Å². The molecule has 0 heterocycles. The summed E-state index contributed by atoms with van der Waals surface area (Å²) in [5.74, 6) is 2.91. The molecule has 0 aromatic carbocycles. The molecule has 0 amide bonds. The summed E-state index contributed by atoms with van der Waals surface area (Å²) >= 11 is 0. The minimum absolute atomic E-state index is 0.313. The number of carbonyl (C=O) groups is 1. The van der Waals surface area contributed by atoms with E-state index in [1.807, 2.05) is 6.08 Å². The Balaban J connectivity index is 1.42. The second-order valence-electron chi connectivity index (χ2n) is 9.91. The van der Waals surface area contributed by atoms with E-state index in [9.17, 15) is 4.79 Å². The Kier molecular flexibility index (Phi) is 3.38. The Morgan fingerprint density at radius 3 is 2.58 bits per heavy atom. The van der Waals surface area contributed by atoms with Crippen molar-refractivity contribution in [2.45, 2.75) is 90.3 Å². The summed E-state index contributed by atoms with van der Waals surface area (Å²) in [4.78, 5) is 11.9. The van der Waals surface area contributed by atoms with Gasteiger partial charge in [0.15, 0.2) is 5.78 Å². The van der Waals surface area contributed by atoms with E-state index in [-0.39, 0.29) is 0 Å². The maximum atomic E-state index is 11.9. The molecule has 24 heavy (non-hydrogen) atoms. The average Bonchev–Trinajstić information content (AvgIpc) is 3.31. The fourth-order valence-corrected chi connectivity index (χ4v) is 7.17. The molecule has 0 aliphatic heterocycles. The van der Waals surface area contributed by atoms with Gasteiger partial charge in [0, 0.05) is 6.42 Å². The van der Waals surface area contributed by atoms with Crippen molar-refractivity contribution in [2.75, 3.05) is 0 Å². The highest BCUT2D eigenvalue weighted by Crippen LogP contribution is 2.65. The largest absolute Gasteiger partial charge is 0.374 e. The molecule has 5 aliphatic carbocycles. The van der Waals surface area contributed by atoms with Crippen LogP contribution in [0.3, 0.4) is 0 Å². The third-order valence-corrected chi connectivity index (χ3v) is 8.76. The lowest BCUT2D eigenvalue weighted by Gasteiger charge is -2.58. The van der Waals surface area contributed by atoms with E-state index >= 15 is 0 Å². The molecule has 0 N–H and O–H groups in total. The number of hydrogen-bond acceptors (Lipinski definition) is 2. The molecule has 2 heteroatoms. The lowest BCUT2D eigenvalue weighted by molar-refractivity contribution is -0.119. The van der Waals surface area contributed by atoms with E-state index in [0.717, 1.165) is 30.6 Å². The second kappa shape index (κ2) is 5.19. The highest BCUT2D eigenvalue weighted by molar-refractivity contribution is 5.91. The van der Waals surface area contributed by atoms with E-state index in [1.165, 1.54) is 56.9 Å². The maximum absolute atomic E-state index is 11.9. The SMILES string of the molecule is C[C@]12CCC(=O)C=C1CCC1C2CC[C@@]2(C)C1CC[C@@H]2OC1CC1. The summed E-state index contributed by atoms with van der Waals surface area (Å²) < 4.78 is 6.46. The van der Waals surface area contributed by atoms with Crippen LogP contribution in [0.2, 0.25) is 0 Å². The highest BCUT2D eigenvalue weighted by Gasteiger charge is 2.59. The molecule has 0 bridgehead atoms. The minimum atomic E-state index is 0.313. The van der Waals surface area contributed by atoms with Crippen molar-refractivity contribution in [2.24, 2.45) is 28.6 Å². The Hall–Kier alpha value is -0.630. The number of rotatable bonds is 2. The van der Waals surface area contributed by atoms with Crippen LogP contribution in [0.1, 0.15) is 78.1 Å². The lowest BCUT2D eigenvalue weighted by Crippen LogP contribution is -2.51. The molecule has 0 aromatic rings. The van der Waals surface area contributed by atoms with Crippen LogP contribution in [0.15, 0.2) is 11.6 Å². The molecule has 0 radical (unpaired) electrons. The first kappa shape index (κ1) is 15.6. The number of fused-ring (bicyclic) bond motifs is 5. The molecule has 6 atom stereocenters. The van der Waals surface area contributed by atoms with Gasteiger partial charge in [0.1, 0.15) is 0 Å². The molecule has 4 saturated carbocycles. The fourth-order valence-electron chi connectivity index (χ4n) is 7.17. The van der Waals surface area contributed by atoms with Crippen molar-refractivity contribution in [3.63, 3.8) is 0 Å². The molecular formula is C22H32O2. The van der Waals surface area contributed by atoms with Crippen LogP contribution >= 0.6 is 0 Å². The van der Waals surface area contributed by atoms with Gasteiger partial charge < -0.3 is 4.74 Å². The van der Waals surface area contributed by atoms with Gasteiger partial charge >= 0.3 is 0 Å². The Bertz CT molecular complexity index is 589. The number of allylic oxidation sites excluding steroid dienone is 1.